The minimum Gasteiger partial charge on any atom is -0.472 e. The second-order valence-electron chi connectivity index (χ2n) is 25.8. The summed E-state index contributed by atoms with van der Waals surface area (Å²) < 4.78 is 120. The van der Waals surface area contributed by atoms with Crippen LogP contribution in [0, 0.1) is 0 Å². The first-order valence-corrected chi connectivity index (χ1v) is 45.0. The molecular formula is C84H60N12O9S9. The average molecular weight is 1670 g/mol. The zero-order chi connectivity index (χ0) is 78.3. The third kappa shape index (κ3) is 14.4. The van der Waals surface area contributed by atoms with Gasteiger partial charge in [0, 0.05) is 204 Å². The molecule has 30 heteroatoms. The molecule has 20 aromatic rings. The normalized spacial score (nSPS) is 11.9. The lowest BCUT2D eigenvalue weighted by atomic mass is 10.1. The van der Waals surface area contributed by atoms with E-state index in [9.17, 15) is 33.7 Å². The lowest BCUT2D eigenvalue weighted by Gasteiger charge is -2.07. The molecule has 0 atom stereocenters. The maximum absolute atomic E-state index is 13.3. The summed E-state index contributed by atoms with van der Waals surface area (Å²) in [5.41, 5.74) is 13.1. The lowest BCUT2D eigenvalue weighted by Crippen LogP contribution is -2.12. The van der Waals surface area contributed by atoms with Crippen LogP contribution in [0.5, 0.6) is 0 Å². The Hall–Kier alpha value is -12.4. The van der Waals surface area contributed by atoms with Crippen LogP contribution in [0.1, 0.15) is 0 Å². The molecule has 16 aromatic heterocycles. The van der Waals surface area contributed by atoms with E-state index in [0.717, 1.165) is 107 Å². The fraction of sp³-hybridized carbons (Fsp3) is 0.0238. The molecule has 0 fully saturated rings. The minimum atomic E-state index is -3.79. The Balaban J connectivity index is 0.000000110. The SMILES string of the molecule is Cn1ccc(-c2cn(S(=O)(=O)c3ccccc3)c3ncc(-c4cccs4)cc23)c1.Cn1ccc(-c2cnc3c(c2)c(-c2ccoc2)cn3S(=O)(=O)c2ccccc2)c1.O=S(=O)(c1ccccc1)n1cc(-c2cncs2)c2cc(-c3cccs3)cnc21.O=S(=O)(c1ccccc1)n1cc(-c2nccs2)c2cc(-c3cccs3)cnc21. The van der Waals surface area contributed by atoms with Gasteiger partial charge in [0.15, 0.2) is 22.6 Å². The zero-order valence-corrected chi connectivity index (χ0v) is 67.2. The Morgan fingerprint density at radius 2 is 0.693 bits per heavy atom. The van der Waals surface area contributed by atoms with Gasteiger partial charge in [-0.3, -0.25) is 4.98 Å². The summed E-state index contributed by atoms with van der Waals surface area (Å²) in [6.07, 6.45) is 27.9. The van der Waals surface area contributed by atoms with Crippen molar-refractivity contribution >= 4 is 141 Å². The van der Waals surface area contributed by atoms with Crippen LogP contribution in [0.4, 0.5) is 0 Å². The number of aryl methyl sites for hydroxylation is 2. The second kappa shape index (κ2) is 31.0. The first-order valence-electron chi connectivity index (χ1n) is 34.8. The van der Waals surface area contributed by atoms with E-state index in [-0.39, 0.29) is 19.6 Å². The van der Waals surface area contributed by atoms with Crippen molar-refractivity contribution in [2.75, 3.05) is 0 Å². The van der Waals surface area contributed by atoms with Gasteiger partial charge in [0.2, 0.25) is 0 Å². The van der Waals surface area contributed by atoms with Gasteiger partial charge >= 0.3 is 0 Å². The number of thiophene rings is 3. The molecule has 114 heavy (non-hydrogen) atoms. The van der Waals surface area contributed by atoms with E-state index < -0.39 is 40.1 Å². The molecule has 0 N–H and O–H groups in total. The largest absolute Gasteiger partial charge is 0.472 e. The summed E-state index contributed by atoms with van der Waals surface area (Å²) in [6.45, 7) is 0. The highest BCUT2D eigenvalue weighted by atomic mass is 32.2. The Morgan fingerprint density at radius 3 is 1.05 bits per heavy atom. The van der Waals surface area contributed by atoms with E-state index in [1.54, 1.807) is 235 Å². The van der Waals surface area contributed by atoms with Crippen LogP contribution >= 0.6 is 56.7 Å². The van der Waals surface area contributed by atoms with E-state index in [1.807, 2.05) is 148 Å². The topological polar surface area (TPSA) is 257 Å². The van der Waals surface area contributed by atoms with Crippen molar-refractivity contribution in [1.82, 2.24) is 54.9 Å². The Morgan fingerprint density at radius 1 is 0.316 bits per heavy atom. The molecular weight excluding hydrogens is 1610 g/mol. The van der Waals surface area contributed by atoms with Gasteiger partial charge in [0.05, 0.1) is 42.5 Å². The molecule has 4 aromatic carbocycles. The van der Waals surface area contributed by atoms with E-state index in [0.29, 0.717) is 22.6 Å². The van der Waals surface area contributed by atoms with Crippen molar-refractivity contribution in [3.63, 3.8) is 0 Å². The number of rotatable bonds is 16. The molecule has 0 radical (unpaired) electrons. The highest BCUT2D eigenvalue weighted by Gasteiger charge is 2.29. The predicted molar refractivity (Wildman–Crippen MR) is 454 cm³/mol. The molecule has 0 saturated heterocycles. The van der Waals surface area contributed by atoms with Crippen LogP contribution in [-0.2, 0) is 54.2 Å². The molecule has 564 valence electrons. The number of thiazole rings is 2. The summed E-state index contributed by atoms with van der Waals surface area (Å²) in [4.78, 5) is 31.8. The van der Waals surface area contributed by atoms with E-state index in [1.165, 1.54) is 38.6 Å². The van der Waals surface area contributed by atoms with Crippen molar-refractivity contribution < 1.29 is 38.1 Å². The smallest absolute Gasteiger partial charge is 0.269 e. The molecule has 20 rings (SSSR count). The van der Waals surface area contributed by atoms with Crippen molar-refractivity contribution in [2.45, 2.75) is 19.6 Å². The number of benzene rings is 4. The van der Waals surface area contributed by atoms with Gasteiger partial charge < -0.3 is 13.6 Å². The van der Waals surface area contributed by atoms with Gasteiger partial charge in [-0.2, -0.15) is 0 Å². The maximum Gasteiger partial charge on any atom is 0.269 e. The van der Waals surface area contributed by atoms with Crippen LogP contribution in [0.25, 0.3) is 130 Å². The van der Waals surface area contributed by atoms with Gasteiger partial charge in [-0.05, 0) is 125 Å². The number of hydrogen-bond acceptors (Lipinski definition) is 20. The number of furan rings is 1. The van der Waals surface area contributed by atoms with E-state index in [2.05, 4.69) is 29.9 Å². The molecule has 0 spiro atoms. The van der Waals surface area contributed by atoms with Gasteiger partial charge in [-0.15, -0.1) is 56.7 Å². The van der Waals surface area contributed by atoms with E-state index >= 15 is 0 Å². The fourth-order valence-corrected chi connectivity index (χ4v) is 21.9. The lowest BCUT2D eigenvalue weighted by molar-refractivity contribution is 0.568. The monoisotopic (exact) mass is 1670 g/mol. The van der Waals surface area contributed by atoms with Crippen LogP contribution < -0.4 is 0 Å². The first kappa shape index (κ1) is 74.4. The highest BCUT2D eigenvalue weighted by molar-refractivity contribution is 7.91. The van der Waals surface area contributed by atoms with Gasteiger partial charge in [-0.25, -0.2) is 74.5 Å². The molecule has 0 aliphatic heterocycles. The number of pyridine rings is 4. The Labute approximate surface area is 674 Å². The minimum absolute atomic E-state index is 0.213. The zero-order valence-electron chi connectivity index (χ0n) is 59.9. The summed E-state index contributed by atoms with van der Waals surface area (Å²) in [5, 5.41) is 11.8. The molecule has 0 amide bonds. The molecule has 16 heterocycles. The fourth-order valence-electron chi connectivity index (χ4n) is 13.1. The number of hydrogen-bond donors (Lipinski definition) is 0. The Kier molecular flexibility index (Phi) is 20.2. The molecule has 0 aliphatic carbocycles. The van der Waals surface area contributed by atoms with Crippen LogP contribution in [0.15, 0.2) is 351 Å². The molecule has 0 bridgehead atoms. The highest BCUT2D eigenvalue weighted by Crippen LogP contribution is 2.42. The number of nitrogens with zero attached hydrogens (tertiary/aromatic N) is 12. The van der Waals surface area contributed by atoms with Crippen LogP contribution in [-0.4, -0.2) is 88.6 Å². The standard InChI is InChI=1S/C22H17N3O3S.C22H17N3O2S2.2C20H13N3O2S3/c1-24-9-7-16(13-24)18-11-20-21(17-8-10-28-15-17)14-25(22(20)23-12-18)29(26,27)19-5-3-2-4-6-19;1-24-10-9-16(14-24)20-15-25(29(26,27)18-6-3-2-4-7-18)22-19(20)12-17(13-23-22)21-8-5-11-28-21;24-28(25,15-5-2-1-3-6-15)23-13-17(20-21-8-10-27-20)16-11-14(12-22-19(16)23)18-7-4-9-26-18;24-28(25,15-5-2-1-3-6-15)23-12-17(19-11-21-13-27-19)16-9-14(10-22-20(16)23)18-7-4-8-26-18/h2*2-15H,1H3;2*1-13H. The summed E-state index contributed by atoms with van der Waals surface area (Å²) in [7, 11) is -11.2. The van der Waals surface area contributed by atoms with E-state index in [4.69, 9.17) is 4.42 Å². The van der Waals surface area contributed by atoms with Crippen molar-refractivity contribution in [1.29, 1.82) is 0 Å². The number of fused-ring (bicyclic) bond motifs is 4. The second-order valence-corrected chi connectivity index (χ2v) is 37.7. The summed E-state index contributed by atoms with van der Waals surface area (Å²) >= 11 is 7.81. The predicted octanol–water partition coefficient (Wildman–Crippen LogP) is 19.8. The quantitative estimate of drug-likeness (QED) is 0.0871. The Bertz CT molecular complexity index is 7070. The van der Waals surface area contributed by atoms with Gasteiger partial charge in [0.25, 0.3) is 40.1 Å². The molecule has 0 aliphatic rings. The van der Waals surface area contributed by atoms with Crippen LogP contribution in [0.2, 0.25) is 0 Å². The third-order valence-electron chi connectivity index (χ3n) is 18.6. The third-order valence-corrected chi connectivity index (χ3v) is 29.6. The summed E-state index contributed by atoms with van der Waals surface area (Å²) in [6, 6.07) is 59.4. The van der Waals surface area contributed by atoms with Crippen molar-refractivity contribution in [3.8, 4) is 85.7 Å². The maximum atomic E-state index is 13.3. The molecule has 0 unspecified atom stereocenters. The van der Waals surface area contributed by atoms with Crippen LogP contribution in [0.3, 0.4) is 0 Å². The number of aromatic nitrogens is 12. The average Bonchev–Trinajstić information content (AvgIpc) is 1.61. The van der Waals surface area contributed by atoms with Crippen molar-refractivity contribution in [2.24, 2.45) is 14.1 Å². The molecule has 21 nitrogen and oxygen atoms in total. The van der Waals surface area contributed by atoms with Gasteiger partial charge in [-0.1, -0.05) is 91.0 Å². The van der Waals surface area contributed by atoms with Crippen molar-refractivity contribution in [3.05, 3.63) is 327 Å². The summed E-state index contributed by atoms with van der Waals surface area (Å²) in [5.74, 6) is 0. The molecule has 0 saturated carbocycles. The van der Waals surface area contributed by atoms with Gasteiger partial charge in [0.1, 0.15) is 5.01 Å². The first-order chi connectivity index (χ1) is 55.4.